The Kier molecular flexibility index (Phi) is 4.38. The van der Waals surface area contributed by atoms with Crippen LogP contribution in [0.1, 0.15) is 12.5 Å². The molecule has 0 unspecified atom stereocenters. The van der Waals surface area contributed by atoms with Crippen LogP contribution in [0.4, 0.5) is 11.4 Å². The number of benzene rings is 2. The van der Waals surface area contributed by atoms with E-state index in [2.05, 4.69) is 0 Å². The second-order valence-corrected chi connectivity index (χ2v) is 7.89. The Bertz CT molecular complexity index is 1080. The Morgan fingerprint density at radius 3 is 2.30 bits per heavy atom. The maximum absolute atomic E-state index is 13.1. The molecule has 3 amide bonds. The predicted molar refractivity (Wildman–Crippen MR) is 111 cm³/mol. The number of thioether (sulfide) groups is 1. The molecule has 2 aliphatic heterocycles. The molecule has 5 nitrogen and oxygen atoms in total. The molecule has 1 saturated heterocycles. The van der Waals surface area contributed by atoms with Crippen molar-refractivity contribution in [1.82, 2.24) is 0 Å². The molecule has 2 heterocycles. The Labute approximate surface area is 169 Å². The lowest BCUT2D eigenvalue weighted by atomic mass is 10.1. The zero-order chi connectivity index (χ0) is 19.3. The number of rotatable bonds is 1. The van der Waals surface area contributed by atoms with Crippen LogP contribution in [0.2, 0.25) is 5.02 Å². The highest BCUT2D eigenvalue weighted by atomic mass is 35.5. The molecule has 0 aliphatic carbocycles. The number of halogens is 1. The van der Waals surface area contributed by atoms with Crippen molar-refractivity contribution in [2.24, 2.45) is 0 Å². The first kappa shape index (κ1) is 17.9. The average Bonchev–Trinajstić information content (AvgIpc) is 3.08. The van der Waals surface area contributed by atoms with Gasteiger partial charge in [-0.3, -0.25) is 19.3 Å². The topological polar surface area (TPSA) is 57.7 Å². The Morgan fingerprint density at radius 1 is 1.00 bits per heavy atom. The number of thiocarbonyl (C=S) groups is 1. The van der Waals surface area contributed by atoms with Crippen molar-refractivity contribution in [2.75, 3.05) is 9.80 Å². The van der Waals surface area contributed by atoms with Crippen molar-refractivity contribution in [3.05, 3.63) is 64.0 Å². The lowest BCUT2D eigenvalue weighted by Crippen LogP contribution is -2.32. The summed E-state index contributed by atoms with van der Waals surface area (Å²) < 4.78 is 0.280. The van der Waals surface area contributed by atoms with Gasteiger partial charge in [0, 0.05) is 12.5 Å². The summed E-state index contributed by atoms with van der Waals surface area (Å²) in [5.41, 5.74) is 1.65. The van der Waals surface area contributed by atoms with Gasteiger partial charge in [0.05, 0.1) is 26.9 Å². The van der Waals surface area contributed by atoms with Gasteiger partial charge in [0.2, 0.25) is 5.91 Å². The van der Waals surface area contributed by atoms with Crippen LogP contribution >= 0.6 is 35.6 Å². The standard InChI is InChI=1S/C19H11ClN2O3S2/c1-10(23)21-13-8-4-2-6-11(13)15(17(21)24)16-18(25)22(19(26)27-16)14-9-5-3-7-12(14)20/h2-9H,1H3. The van der Waals surface area contributed by atoms with Gasteiger partial charge in [0.25, 0.3) is 11.8 Å². The van der Waals surface area contributed by atoms with Crippen LogP contribution in [0.5, 0.6) is 0 Å². The number of fused-ring (bicyclic) bond motifs is 1. The molecular weight excluding hydrogens is 404 g/mol. The third kappa shape index (κ3) is 2.70. The van der Waals surface area contributed by atoms with Crippen LogP contribution in [0.3, 0.4) is 0 Å². The van der Waals surface area contributed by atoms with E-state index in [0.29, 0.717) is 22.0 Å². The molecule has 134 valence electrons. The van der Waals surface area contributed by atoms with Crippen molar-refractivity contribution in [1.29, 1.82) is 0 Å². The fraction of sp³-hybridized carbons (Fsp3) is 0.0526. The fourth-order valence-electron chi connectivity index (χ4n) is 3.11. The quantitative estimate of drug-likeness (QED) is 0.521. The van der Waals surface area contributed by atoms with Gasteiger partial charge in [0.15, 0.2) is 4.32 Å². The molecule has 27 heavy (non-hydrogen) atoms. The Balaban J connectivity index is 1.89. The zero-order valence-electron chi connectivity index (χ0n) is 13.9. The number of anilines is 2. The van der Waals surface area contributed by atoms with Crippen LogP contribution in [0.25, 0.3) is 5.57 Å². The highest BCUT2D eigenvalue weighted by Crippen LogP contribution is 2.46. The van der Waals surface area contributed by atoms with Gasteiger partial charge in [0.1, 0.15) is 0 Å². The average molecular weight is 415 g/mol. The Hall–Kier alpha value is -2.48. The van der Waals surface area contributed by atoms with Crippen molar-refractivity contribution in [2.45, 2.75) is 6.92 Å². The molecule has 4 rings (SSSR count). The molecule has 0 atom stereocenters. The highest BCUT2D eigenvalue weighted by Gasteiger charge is 2.43. The summed E-state index contributed by atoms with van der Waals surface area (Å²) in [6.07, 6.45) is 0. The fourth-order valence-corrected chi connectivity index (χ4v) is 4.68. The molecule has 8 heteroatoms. The van der Waals surface area contributed by atoms with E-state index >= 15 is 0 Å². The van der Waals surface area contributed by atoms with Gasteiger partial charge >= 0.3 is 0 Å². The number of amides is 3. The molecule has 1 fully saturated rings. The first-order valence-corrected chi connectivity index (χ1v) is 9.51. The number of nitrogens with zero attached hydrogens (tertiary/aromatic N) is 2. The van der Waals surface area contributed by atoms with Crippen molar-refractivity contribution < 1.29 is 14.4 Å². The third-order valence-electron chi connectivity index (χ3n) is 4.24. The van der Waals surface area contributed by atoms with E-state index in [4.69, 9.17) is 23.8 Å². The van der Waals surface area contributed by atoms with Crippen LogP contribution in [-0.4, -0.2) is 22.0 Å². The first-order chi connectivity index (χ1) is 12.9. The van der Waals surface area contributed by atoms with Crippen molar-refractivity contribution in [3.8, 4) is 0 Å². The van der Waals surface area contributed by atoms with E-state index in [-0.39, 0.29) is 14.8 Å². The third-order valence-corrected chi connectivity index (χ3v) is 5.93. The summed E-state index contributed by atoms with van der Waals surface area (Å²) >= 11 is 12.6. The minimum absolute atomic E-state index is 0.188. The van der Waals surface area contributed by atoms with Gasteiger partial charge in [-0.2, -0.15) is 0 Å². The highest BCUT2D eigenvalue weighted by molar-refractivity contribution is 8.27. The van der Waals surface area contributed by atoms with E-state index in [0.717, 1.165) is 16.7 Å². The SMILES string of the molecule is CC(=O)N1C(=O)C(=C2SC(=S)N(c3ccccc3Cl)C2=O)c2ccccc21. The van der Waals surface area contributed by atoms with Crippen LogP contribution < -0.4 is 9.80 Å². The summed E-state index contributed by atoms with van der Waals surface area (Å²) in [5, 5.41) is 0.378. The summed E-state index contributed by atoms with van der Waals surface area (Å²) in [5.74, 6) is -1.37. The van der Waals surface area contributed by atoms with Crippen molar-refractivity contribution in [3.63, 3.8) is 0 Å². The van der Waals surface area contributed by atoms with Gasteiger partial charge in [-0.1, -0.05) is 65.9 Å². The molecule has 0 N–H and O–H groups in total. The molecule has 0 radical (unpaired) electrons. The molecule has 0 aromatic heterocycles. The number of carbonyl (C=O) groups is 3. The number of hydrogen-bond acceptors (Lipinski definition) is 5. The zero-order valence-corrected chi connectivity index (χ0v) is 16.3. The van der Waals surface area contributed by atoms with Gasteiger partial charge in [-0.15, -0.1) is 0 Å². The number of imide groups is 1. The maximum Gasteiger partial charge on any atom is 0.271 e. The summed E-state index contributed by atoms with van der Waals surface area (Å²) in [7, 11) is 0. The molecule has 0 bridgehead atoms. The van der Waals surface area contributed by atoms with Gasteiger partial charge in [-0.25, -0.2) is 4.90 Å². The van der Waals surface area contributed by atoms with Gasteiger partial charge in [-0.05, 0) is 18.2 Å². The molecule has 0 saturated carbocycles. The van der Waals surface area contributed by atoms with E-state index in [9.17, 15) is 14.4 Å². The molecule has 2 aromatic carbocycles. The maximum atomic E-state index is 13.1. The molecule has 2 aliphatic rings. The largest absolute Gasteiger partial charge is 0.274 e. The van der Waals surface area contributed by atoms with E-state index < -0.39 is 17.7 Å². The van der Waals surface area contributed by atoms with E-state index in [1.807, 2.05) is 0 Å². The van der Waals surface area contributed by atoms with Crippen molar-refractivity contribution >= 4 is 74.6 Å². The second-order valence-electron chi connectivity index (χ2n) is 5.84. The predicted octanol–water partition coefficient (Wildman–Crippen LogP) is 4.01. The smallest absolute Gasteiger partial charge is 0.271 e. The molecular formula is C19H11ClN2O3S2. The van der Waals surface area contributed by atoms with Gasteiger partial charge < -0.3 is 0 Å². The number of para-hydroxylation sites is 2. The van der Waals surface area contributed by atoms with Crippen LogP contribution in [0, 0.1) is 0 Å². The molecule has 0 spiro atoms. The normalized spacial score (nSPS) is 19.1. The lowest BCUT2D eigenvalue weighted by Gasteiger charge is -2.15. The van der Waals surface area contributed by atoms with E-state index in [1.165, 1.54) is 11.8 Å². The molecule has 2 aromatic rings. The second kappa shape index (κ2) is 6.60. The minimum Gasteiger partial charge on any atom is -0.274 e. The lowest BCUT2D eigenvalue weighted by molar-refractivity contribution is -0.122. The summed E-state index contributed by atoms with van der Waals surface area (Å²) in [6, 6.07) is 13.7. The summed E-state index contributed by atoms with van der Waals surface area (Å²) in [4.78, 5) is 40.7. The minimum atomic E-state index is -0.525. The number of hydrogen-bond donors (Lipinski definition) is 0. The van der Waals surface area contributed by atoms with E-state index in [1.54, 1.807) is 48.5 Å². The van der Waals surface area contributed by atoms with Crippen LogP contribution in [0.15, 0.2) is 53.4 Å². The number of carbonyl (C=O) groups excluding carboxylic acids is 3. The first-order valence-electron chi connectivity index (χ1n) is 7.91. The summed E-state index contributed by atoms with van der Waals surface area (Å²) in [6.45, 7) is 1.31. The van der Waals surface area contributed by atoms with Crippen LogP contribution in [-0.2, 0) is 14.4 Å². The monoisotopic (exact) mass is 414 g/mol. The Morgan fingerprint density at radius 2 is 1.63 bits per heavy atom.